The molecular weight excluding hydrogens is 214 g/mol. The Labute approximate surface area is 106 Å². The van der Waals surface area contributed by atoms with Crippen LogP contribution in [0, 0.1) is 5.41 Å². The predicted octanol–water partition coefficient (Wildman–Crippen LogP) is 2.02. The molecule has 0 bridgehead atoms. The molecule has 0 aromatic carbocycles. The van der Waals surface area contributed by atoms with Crippen LogP contribution in [0.4, 0.5) is 0 Å². The lowest BCUT2D eigenvalue weighted by molar-refractivity contribution is 0.00858. The third kappa shape index (κ3) is 3.94. The van der Waals surface area contributed by atoms with Crippen LogP contribution in [0.5, 0.6) is 0 Å². The summed E-state index contributed by atoms with van der Waals surface area (Å²) in [5.41, 5.74) is -0.147. The van der Waals surface area contributed by atoms with E-state index in [1.54, 1.807) is 0 Å². The summed E-state index contributed by atoms with van der Waals surface area (Å²) in [5, 5.41) is 19.2. The van der Waals surface area contributed by atoms with Gasteiger partial charge in [-0.25, -0.2) is 0 Å². The van der Waals surface area contributed by atoms with Crippen molar-refractivity contribution in [3.63, 3.8) is 0 Å². The number of hydrogen-bond acceptors (Lipinski definition) is 3. The van der Waals surface area contributed by atoms with Gasteiger partial charge in [-0.1, -0.05) is 25.7 Å². The molecule has 0 unspecified atom stereocenters. The SMILES string of the molecule is CN(CC1(CO)CCCCCC1)C(C)(C)CO. The Kier molecular flexibility index (Phi) is 5.42. The average Bonchev–Trinajstić information content (AvgIpc) is 2.55. The smallest absolute Gasteiger partial charge is 0.0609 e. The summed E-state index contributed by atoms with van der Waals surface area (Å²) in [4.78, 5) is 2.20. The molecule has 0 saturated heterocycles. The van der Waals surface area contributed by atoms with Gasteiger partial charge < -0.3 is 10.2 Å². The Morgan fingerprint density at radius 3 is 2.00 bits per heavy atom. The van der Waals surface area contributed by atoms with Crippen LogP contribution in [-0.2, 0) is 0 Å². The van der Waals surface area contributed by atoms with E-state index in [4.69, 9.17) is 0 Å². The molecule has 1 aliphatic rings. The van der Waals surface area contributed by atoms with Crippen molar-refractivity contribution in [1.29, 1.82) is 0 Å². The molecule has 1 rings (SSSR count). The fourth-order valence-corrected chi connectivity index (χ4v) is 2.68. The Morgan fingerprint density at radius 2 is 1.59 bits per heavy atom. The third-order valence-electron chi connectivity index (χ3n) is 4.49. The molecule has 0 spiro atoms. The number of rotatable bonds is 5. The van der Waals surface area contributed by atoms with E-state index in [-0.39, 0.29) is 24.2 Å². The standard InChI is InChI=1S/C14H29NO2/c1-13(2,11-16)15(3)10-14(12-17)8-6-4-5-7-9-14/h16-17H,4-12H2,1-3H3. The number of nitrogens with zero attached hydrogens (tertiary/aromatic N) is 1. The molecular formula is C14H29NO2. The molecule has 0 atom stereocenters. The Balaban J connectivity index is 2.67. The number of likely N-dealkylation sites (N-methyl/N-ethyl adjacent to an activating group) is 1. The zero-order valence-corrected chi connectivity index (χ0v) is 11.7. The van der Waals surface area contributed by atoms with Gasteiger partial charge in [-0.15, -0.1) is 0 Å². The molecule has 2 N–H and O–H groups in total. The zero-order valence-electron chi connectivity index (χ0n) is 11.7. The van der Waals surface area contributed by atoms with E-state index < -0.39 is 0 Å². The molecule has 1 fully saturated rings. The van der Waals surface area contributed by atoms with Gasteiger partial charge in [-0.2, -0.15) is 0 Å². The molecule has 3 heteroatoms. The highest BCUT2D eigenvalue weighted by molar-refractivity contribution is 4.88. The van der Waals surface area contributed by atoms with E-state index in [1.165, 1.54) is 25.7 Å². The minimum atomic E-state index is -0.200. The maximum absolute atomic E-state index is 9.76. The first-order valence-electron chi connectivity index (χ1n) is 6.89. The average molecular weight is 243 g/mol. The normalized spacial score (nSPS) is 21.5. The summed E-state index contributed by atoms with van der Waals surface area (Å²) in [6.45, 7) is 5.42. The number of aliphatic hydroxyl groups excluding tert-OH is 2. The highest BCUT2D eigenvalue weighted by atomic mass is 16.3. The molecule has 1 aliphatic carbocycles. The second-order valence-electron chi connectivity index (χ2n) is 6.40. The summed E-state index contributed by atoms with van der Waals surface area (Å²) in [6.07, 6.45) is 7.30. The van der Waals surface area contributed by atoms with Crippen molar-refractivity contribution in [3.8, 4) is 0 Å². The van der Waals surface area contributed by atoms with E-state index in [1.807, 2.05) is 0 Å². The van der Waals surface area contributed by atoms with Crippen LogP contribution in [0.15, 0.2) is 0 Å². The monoisotopic (exact) mass is 243 g/mol. The summed E-state index contributed by atoms with van der Waals surface area (Å²) < 4.78 is 0. The molecule has 102 valence electrons. The Hall–Kier alpha value is -0.120. The van der Waals surface area contributed by atoms with E-state index >= 15 is 0 Å². The molecule has 0 aliphatic heterocycles. The van der Waals surface area contributed by atoms with Crippen LogP contribution in [0.25, 0.3) is 0 Å². The van der Waals surface area contributed by atoms with Crippen LogP contribution in [-0.4, -0.2) is 47.5 Å². The first kappa shape index (κ1) is 14.9. The van der Waals surface area contributed by atoms with Crippen LogP contribution >= 0.6 is 0 Å². The van der Waals surface area contributed by atoms with Gasteiger partial charge in [0.25, 0.3) is 0 Å². The van der Waals surface area contributed by atoms with Crippen LogP contribution in [0.1, 0.15) is 52.4 Å². The fraction of sp³-hybridized carbons (Fsp3) is 1.00. The second kappa shape index (κ2) is 6.17. The van der Waals surface area contributed by atoms with Gasteiger partial charge in [0, 0.05) is 24.1 Å². The van der Waals surface area contributed by atoms with Gasteiger partial charge in [-0.05, 0) is 33.7 Å². The molecule has 0 radical (unpaired) electrons. The van der Waals surface area contributed by atoms with Gasteiger partial charge >= 0.3 is 0 Å². The maximum atomic E-state index is 9.76. The van der Waals surface area contributed by atoms with Crippen molar-refractivity contribution < 1.29 is 10.2 Å². The van der Waals surface area contributed by atoms with E-state index in [0.717, 1.165) is 19.4 Å². The summed E-state index contributed by atoms with van der Waals surface area (Å²) in [7, 11) is 2.05. The van der Waals surface area contributed by atoms with Crippen LogP contribution in [0.3, 0.4) is 0 Å². The van der Waals surface area contributed by atoms with E-state index in [9.17, 15) is 10.2 Å². The van der Waals surface area contributed by atoms with Crippen molar-refractivity contribution in [3.05, 3.63) is 0 Å². The highest BCUT2D eigenvalue weighted by Gasteiger charge is 2.35. The molecule has 0 heterocycles. The molecule has 0 aromatic rings. The number of hydrogen-bond donors (Lipinski definition) is 2. The number of aliphatic hydroxyl groups is 2. The van der Waals surface area contributed by atoms with Crippen molar-refractivity contribution in [1.82, 2.24) is 4.90 Å². The Morgan fingerprint density at radius 1 is 1.06 bits per heavy atom. The van der Waals surface area contributed by atoms with Crippen molar-refractivity contribution in [2.45, 2.75) is 57.9 Å². The lowest BCUT2D eigenvalue weighted by Gasteiger charge is -2.41. The first-order chi connectivity index (χ1) is 7.96. The minimum absolute atomic E-state index is 0.0533. The molecule has 0 amide bonds. The summed E-state index contributed by atoms with van der Waals surface area (Å²) >= 11 is 0. The van der Waals surface area contributed by atoms with Gasteiger partial charge in [0.1, 0.15) is 0 Å². The first-order valence-corrected chi connectivity index (χ1v) is 6.89. The van der Waals surface area contributed by atoms with E-state index in [0.29, 0.717) is 0 Å². The minimum Gasteiger partial charge on any atom is -0.396 e. The lowest BCUT2D eigenvalue weighted by atomic mass is 9.80. The lowest BCUT2D eigenvalue weighted by Crippen LogP contribution is -2.50. The van der Waals surface area contributed by atoms with Gasteiger partial charge in [0.2, 0.25) is 0 Å². The van der Waals surface area contributed by atoms with Crippen LogP contribution < -0.4 is 0 Å². The molecule has 3 nitrogen and oxygen atoms in total. The third-order valence-corrected chi connectivity index (χ3v) is 4.49. The fourth-order valence-electron chi connectivity index (χ4n) is 2.68. The van der Waals surface area contributed by atoms with Crippen LogP contribution in [0.2, 0.25) is 0 Å². The van der Waals surface area contributed by atoms with Crippen molar-refractivity contribution in [2.75, 3.05) is 26.8 Å². The molecule has 0 aromatic heterocycles. The largest absolute Gasteiger partial charge is 0.396 e. The molecule has 17 heavy (non-hydrogen) atoms. The summed E-state index contributed by atoms with van der Waals surface area (Å²) in [5.74, 6) is 0. The highest BCUT2D eigenvalue weighted by Crippen LogP contribution is 2.36. The van der Waals surface area contributed by atoms with Crippen molar-refractivity contribution in [2.24, 2.45) is 5.41 Å². The van der Waals surface area contributed by atoms with Crippen molar-refractivity contribution >= 4 is 0 Å². The Bertz CT molecular complexity index is 220. The predicted molar refractivity (Wildman–Crippen MR) is 71.0 cm³/mol. The molecule has 1 saturated carbocycles. The quantitative estimate of drug-likeness (QED) is 0.726. The zero-order chi connectivity index (χ0) is 12.9. The second-order valence-corrected chi connectivity index (χ2v) is 6.40. The topological polar surface area (TPSA) is 43.7 Å². The maximum Gasteiger partial charge on any atom is 0.0609 e. The van der Waals surface area contributed by atoms with E-state index in [2.05, 4.69) is 25.8 Å². The summed E-state index contributed by atoms with van der Waals surface area (Å²) in [6, 6.07) is 0. The van der Waals surface area contributed by atoms with Gasteiger partial charge in [-0.3, -0.25) is 4.90 Å². The van der Waals surface area contributed by atoms with Gasteiger partial charge in [0.05, 0.1) is 6.61 Å². The van der Waals surface area contributed by atoms with Gasteiger partial charge in [0.15, 0.2) is 0 Å².